The lowest BCUT2D eigenvalue weighted by atomic mass is 9.78. The van der Waals surface area contributed by atoms with Gasteiger partial charge in [0.05, 0.1) is 11.0 Å². The van der Waals surface area contributed by atoms with Crippen molar-refractivity contribution < 1.29 is 0 Å². The highest BCUT2D eigenvalue weighted by Gasteiger charge is 2.38. The van der Waals surface area contributed by atoms with Gasteiger partial charge in [-0.25, -0.2) is 0 Å². The molecule has 0 N–H and O–H groups in total. The molecular formula is C54H41N. The van der Waals surface area contributed by atoms with Crippen LogP contribution in [0.3, 0.4) is 0 Å². The summed E-state index contributed by atoms with van der Waals surface area (Å²) in [5.74, 6) is 0. The molecular weight excluding hydrogens is 663 g/mol. The number of fused-ring (bicyclic) bond motifs is 9. The third kappa shape index (κ3) is 4.60. The Bertz CT molecular complexity index is 3010. The predicted molar refractivity (Wildman–Crippen MR) is 232 cm³/mol. The second-order valence-electron chi connectivity index (χ2n) is 16.5. The fourth-order valence-electron chi connectivity index (χ4n) is 10.1. The summed E-state index contributed by atoms with van der Waals surface area (Å²) in [6.45, 7) is 9.51. The molecule has 0 radical (unpaired) electrons. The van der Waals surface area contributed by atoms with Crippen LogP contribution in [0, 0.1) is 0 Å². The lowest BCUT2D eigenvalue weighted by molar-refractivity contribution is 0.660. The SMILES string of the molecule is CC1(C)c2ccccc2-c2cc(-c3ccc4c(c3)-c3cccc(-c5ccc6c7ccccc7n(-c7ccc(-c8ccccc8)cc7)c6c5)c3C4(C)C)ccc21. The summed E-state index contributed by atoms with van der Waals surface area (Å²) in [5.41, 5.74) is 22.0. The van der Waals surface area contributed by atoms with E-state index in [-0.39, 0.29) is 10.8 Å². The topological polar surface area (TPSA) is 4.93 Å². The van der Waals surface area contributed by atoms with E-state index in [9.17, 15) is 0 Å². The molecule has 1 aromatic heterocycles. The van der Waals surface area contributed by atoms with E-state index in [1.165, 1.54) is 105 Å². The number of aromatic nitrogens is 1. The Morgan fingerprint density at radius 3 is 1.65 bits per heavy atom. The summed E-state index contributed by atoms with van der Waals surface area (Å²) >= 11 is 0. The lowest BCUT2D eigenvalue weighted by Crippen LogP contribution is -2.16. The van der Waals surface area contributed by atoms with Gasteiger partial charge in [-0.05, 0) is 114 Å². The summed E-state index contributed by atoms with van der Waals surface area (Å²) in [6.07, 6.45) is 0. The minimum Gasteiger partial charge on any atom is -0.309 e. The van der Waals surface area contributed by atoms with Crippen molar-refractivity contribution in [2.45, 2.75) is 38.5 Å². The minimum absolute atomic E-state index is 0.00608. The van der Waals surface area contributed by atoms with Crippen LogP contribution in [0.2, 0.25) is 0 Å². The number of hydrogen-bond acceptors (Lipinski definition) is 0. The molecule has 0 fully saturated rings. The summed E-state index contributed by atoms with van der Waals surface area (Å²) in [5, 5.41) is 2.54. The molecule has 0 bridgehead atoms. The molecule has 0 atom stereocenters. The van der Waals surface area contributed by atoms with Gasteiger partial charge in [0.25, 0.3) is 0 Å². The number of rotatable bonds is 4. The highest BCUT2D eigenvalue weighted by Crippen LogP contribution is 2.54. The summed E-state index contributed by atoms with van der Waals surface area (Å²) in [6, 6.07) is 65.7. The van der Waals surface area contributed by atoms with Gasteiger partial charge >= 0.3 is 0 Å². The van der Waals surface area contributed by atoms with E-state index in [1.807, 2.05) is 0 Å². The Morgan fingerprint density at radius 2 is 0.873 bits per heavy atom. The molecule has 0 amide bonds. The van der Waals surface area contributed by atoms with Gasteiger partial charge in [0, 0.05) is 27.3 Å². The van der Waals surface area contributed by atoms with Crippen LogP contribution in [-0.2, 0) is 10.8 Å². The van der Waals surface area contributed by atoms with Crippen molar-refractivity contribution in [3.63, 3.8) is 0 Å². The second-order valence-corrected chi connectivity index (χ2v) is 16.5. The fraction of sp³-hybridized carbons (Fsp3) is 0.111. The minimum atomic E-state index is -0.157. The van der Waals surface area contributed by atoms with E-state index in [0.717, 1.165) is 0 Å². The van der Waals surface area contributed by atoms with Crippen LogP contribution in [0.4, 0.5) is 0 Å². The largest absolute Gasteiger partial charge is 0.309 e. The van der Waals surface area contributed by atoms with Crippen molar-refractivity contribution in [2.24, 2.45) is 0 Å². The van der Waals surface area contributed by atoms with Gasteiger partial charge in [-0.1, -0.05) is 167 Å². The molecule has 9 aromatic rings. The van der Waals surface area contributed by atoms with Crippen molar-refractivity contribution in [1.82, 2.24) is 4.57 Å². The van der Waals surface area contributed by atoms with Crippen molar-refractivity contribution in [2.75, 3.05) is 0 Å². The Morgan fingerprint density at radius 1 is 0.327 bits per heavy atom. The van der Waals surface area contributed by atoms with Gasteiger partial charge in [-0.2, -0.15) is 0 Å². The maximum absolute atomic E-state index is 2.45. The second kappa shape index (κ2) is 11.5. The molecule has 2 aliphatic carbocycles. The van der Waals surface area contributed by atoms with E-state index in [2.05, 4.69) is 208 Å². The van der Waals surface area contributed by atoms with Gasteiger partial charge in [0.15, 0.2) is 0 Å². The van der Waals surface area contributed by atoms with Gasteiger partial charge in [0.1, 0.15) is 0 Å². The molecule has 8 aromatic carbocycles. The molecule has 0 aliphatic heterocycles. The first-order valence-corrected chi connectivity index (χ1v) is 19.5. The molecule has 0 unspecified atom stereocenters. The van der Waals surface area contributed by atoms with Crippen molar-refractivity contribution in [3.05, 3.63) is 198 Å². The Kier molecular flexibility index (Phi) is 6.72. The smallest absolute Gasteiger partial charge is 0.0547 e. The van der Waals surface area contributed by atoms with Crippen LogP contribution in [0.1, 0.15) is 49.9 Å². The summed E-state index contributed by atoms with van der Waals surface area (Å²) in [7, 11) is 0. The number of para-hydroxylation sites is 1. The highest BCUT2D eigenvalue weighted by atomic mass is 15.0. The first-order chi connectivity index (χ1) is 26.8. The van der Waals surface area contributed by atoms with Crippen LogP contribution in [0.15, 0.2) is 176 Å². The van der Waals surface area contributed by atoms with Crippen molar-refractivity contribution in [1.29, 1.82) is 0 Å². The maximum atomic E-state index is 2.45. The standard InChI is InChI=1S/C54H41N/c1-53(2)47-19-10-8-15-41(47)45-31-36(24-29-48(45)53)37-25-30-49-46(32-37)44-18-12-17-40(52(44)54(49,3)4)38-23-28-43-42-16-9-11-20-50(42)55(51(43)33-38)39-26-21-35(22-27-39)34-13-6-5-7-14-34/h5-33H,1-4H3. The molecule has 2 aliphatic rings. The number of hydrogen-bond donors (Lipinski definition) is 0. The van der Waals surface area contributed by atoms with Crippen LogP contribution in [-0.4, -0.2) is 4.57 Å². The number of benzene rings is 8. The monoisotopic (exact) mass is 703 g/mol. The van der Waals surface area contributed by atoms with Gasteiger partial charge in [-0.3, -0.25) is 0 Å². The van der Waals surface area contributed by atoms with E-state index in [1.54, 1.807) is 0 Å². The van der Waals surface area contributed by atoms with Crippen LogP contribution < -0.4 is 0 Å². The van der Waals surface area contributed by atoms with E-state index < -0.39 is 0 Å². The third-order valence-electron chi connectivity index (χ3n) is 12.8. The average molecular weight is 704 g/mol. The Labute approximate surface area is 323 Å². The molecule has 1 heteroatoms. The van der Waals surface area contributed by atoms with E-state index in [4.69, 9.17) is 0 Å². The molecule has 0 spiro atoms. The average Bonchev–Trinajstić information content (AvgIpc) is 3.77. The van der Waals surface area contributed by atoms with Crippen LogP contribution in [0.5, 0.6) is 0 Å². The lowest BCUT2D eigenvalue weighted by Gasteiger charge is -2.25. The van der Waals surface area contributed by atoms with Crippen molar-refractivity contribution >= 4 is 21.8 Å². The molecule has 1 heterocycles. The van der Waals surface area contributed by atoms with Crippen molar-refractivity contribution in [3.8, 4) is 61.3 Å². The van der Waals surface area contributed by atoms with Crippen LogP contribution in [0.25, 0.3) is 83.1 Å². The molecule has 0 saturated heterocycles. The van der Waals surface area contributed by atoms with E-state index >= 15 is 0 Å². The summed E-state index contributed by atoms with van der Waals surface area (Å²) < 4.78 is 2.44. The van der Waals surface area contributed by atoms with E-state index in [0.29, 0.717) is 0 Å². The molecule has 1 nitrogen and oxygen atoms in total. The zero-order valence-electron chi connectivity index (χ0n) is 31.7. The fourth-order valence-corrected chi connectivity index (χ4v) is 10.1. The Balaban J connectivity index is 1.04. The Hall–Kier alpha value is -6.44. The zero-order valence-corrected chi connectivity index (χ0v) is 31.7. The first kappa shape index (κ1) is 32.0. The third-order valence-corrected chi connectivity index (χ3v) is 12.8. The number of nitrogens with zero attached hydrogens (tertiary/aromatic N) is 1. The first-order valence-electron chi connectivity index (χ1n) is 19.5. The molecule has 262 valence electrons. The molecule has 0 saturated carbocycles. The van der Waals surface area contributed by atoms with Crippen LogP contribution >= 0.6 is 0 Å². The molecule has 55 heavy (non-hydrogen) atoms. The predicted octanol–water partition coefficient (Wildman–Crippen LogP) is 14.4. The quantitative estimate of drug-likeness (QED) is 0.172. The van der Waals surface area contributed by atoms with Gasteiger partial charge in [-0.15, -0.1) is 0 Å². The highest BCUT2D eigenvalue weighted by molar-refractivity contribution is 6.10. The normalized spacial score (nSPS) is 14.5. The van der Waals surface area contributed by atoms with Gasteiger partial charge in [0.2, 0.25) is 0 Å². The van der Waals surface area contributed by atoms with Gasteiger partial charge < -0.3 is 4.57 Å². The maximum Gasteiger partial charge on any atom is 0.0547 e. The summed E-state index contributed by atoms with van der Waals surface area (Å²) in [4.78, 5) is 0. The zero-order chi connectivity index (χ0) is 37.1. The molecule has 11 rings (SSSR count).